The summed E-state index contributed by atoms with van der Waals surface area (Å²) in [5, 5.41) is 24.9. The van der Waals surface area contributed by atoms with E-state index in [-0.39, 0.29) is 25.0 Å². The lowest BCUT2D eigenvalue weighted by molar-refractivity contribution is -0.308. The van der Waals surface area contributed by atoms with Gasteiger partial charge in [0.1, 0.15) is 11.3 Å². The molecule has 2 N–H and O–H groups in total. The zero-order valence-electron chi connectivity index (χ0n) is 17.0. The average Bonchev–Trinajstić information content (AvgIpc) is 2.72. The second kappa shape index (κ2) is 9.22. The van der Waals surface area contributed by atoms with Crippen LogP contribution in [0.25, 0.3) is 11.0 Å². The van der Waals surface area contributed by atoms with Crippen molar-refractivity contribution in [2.75, 3.05) is 0 Å². The second-order valence-electron chi connectivity index (χ2n) is 7.35. The van der Waals surface area contributed by atoms with Crippen LogP contribution in [0.5, 0.6) is 5.75 Å². The van der Waals surface area contributed by atoms with Gasteiger partial charge >= 0.3 is 5.63 Å². The van der Waals surface area contributed by atoms with E-state index in [0.29, 0.717) is 38.2 Å². The van der Waals surface area contributed by atoms with Gasteiger partial charge in [0.2, 0.25) is 5.91 Å². The number of hydrogen-bond donors (Lipinski definition) is 2. The van der Waals surface area contributed by atoms with Crippen molar-refractivity contribution in [1.82, 2.24) is 5.32 Å². The van der Waals surface area contributed by atoms with E-state index >= 15 is 0 Å². The molecule has 0 aliphatic rings. The molecule has 8 heteroatoms. The summed E-state index contributed by atoms with van der Waals surface area (Å²) >= 11 is 5.83. The topological polar surface area (TPSA) is 120 Å². The number of carbonyl (C=O) groups is 2. The van der Waals surface area contributed by atoms with Crippen LogP contribution in [0, 0.1) is 13.8 Å². The van der Waals surface area contributed by atoms with Crippen molar-refractivity contribution in [3.05, 3.63) is 74.1 Å². The first-order valence-corrected chi connectivity index (χ1v) is 10.0. The normalized spacial score (nSPS) is 12.0. The van der Waals surface area contributed by atoms with Crippen LogP contribution in [0.2, 0.25) is 5.02 Å². The predicted octanol–water partition coefficient (Wildman–Crippen LogP) is 2.18. The van der Waals surface area contributed by atoms with Gasteiger partial charge in [-0.15, -0.1) is 0 Å². The molecule has 3 rings (SSSR count). The van der Waals surface area contributed by atoms with Crippen molar-refractivity contribution in [3.8, 4) is 5.75 Å². The number of amides is 1. The number of phenolic OH excluding ortho intramolecular Hbond substituents is 1. The van der Waals surface area contributed by atoms with E-state index in [1.807, 2.05) is 0 Å². The van der Waals surface area contributed by atoms with Gasteiger partial charge < -0.3 is 24.7 Å². The largest absolute Gasteiger partial charge is 0.548 e. The van der Waals surface area contributed by atoms with Gasteiger partial charge in [0.25, 0.3) is 0 Å². The molecule has 0 aliphatic carbocycles. The van der Waals surface area contributed by atoms with Crippen LogP contribution in [-0.4, -0.2) is 23.0 Å². The first kappa shape index (κ1) is 22.4. The van der Waals surface area contributed by atoms with E-state index in [0.717, 1.165) is 0 Å². The third-order valence-electron chi connectivity index (χ3n) is 5.25. The first-order chi connectivity index (χ1) is 14.7. The van der Waals surface area contributed by atoms with Crippen LogP contribution in [0.15, 0.2) is 45.6 Å². The Balaban J connectivity index is 1.72. The van der Waals surface area contributed by atoms with E-state index in [9.17, 15) is 24.6 Å². The predicted molar refractivity (Wildman–Crippen MR) is 114 cm³/mol. The molecule has 0 saturated heterocycles. The number of fused-ring (bicyclic) bond motifs is 1. The number of benzene rings is 2. The number of rotatable bonds is 7. The maximum atomic E-state index is 12.4. The minimum absolute atomic E-state index is 0.0242. The summed E-state index contributed by atoms with van der Waals surface area (Å²) in [7, 11) is 0. The fraction of sp³-hybridized carbons (Fsp3) is 0.261. The van der Waals surface area contributed by atoms with Crippen LogP contribution in [0.1, 0.15) is 28.7 Å². The fourth-order valence-electron chi connectivity index (χ4n) is 3.42. The van der Waals surface area contributed by atoms with Gasteiger partial charge in [0.05, 0.1) is 12.0 Å². The summed E-state index contributed by atoms with van der Waals surface area (Å²) in [6, 6.07) is 8.57. The lowest BCUT2D eigenvalue weighted by Gasteiger charge is -2.20. The summed E-state index contributed by atoms with van der Waals surface area (Å²) in [5.74, 6) is -1.90. The smallest absolute Gasteiger partial charge is 0.339 e. The molecule has 1 amide bonds. The number of nitrogens with one attached hydrogen (secondary N) is 1. The highest BCUT2D eigenvalue weighted by Crippen LogP contribution is 2.28. The van der Waals surface area contributed by atoms with E-state index in [2.05, 4.69) is 5.32 Å². The molecule has 2 aromatic carbocycles. The molecule has 7 nitrogen and oxygen atoms in total. The maximum absolute atomic E-state index is 12.4. The van der Waals surface area contributed by atoms with Gasteiger partial charge in [-0.25, -0.2) is 4.79 Å². The highest BCUT2D eigenvalue weighted by molar-refractivity contribution is 6.30. The highest BCUT2D eigenvalue weighted by atomic mass is 35.5. The average molecular weight is 443 g/mol. The summed E-state index contributed by atoms with van der Waals surface area (Å²) in [6.45, 7) is 3.39. The molecule has 0 bridgehead atoms. The van der Waals surface area contributed by atoms with E-state index < -0.39 is 23.5 Å². The van der Waals surface area contributed by atoms with Gasteiger partial charge in [-0.2, -0.15) is 0 Å². The van der Waals surface area contributed by atoms with Crippen molar-refractivity contribution in [1.29, 1.82) is 0 Å². The molecular formula is C23H21ClNO6-. The molecule has 1 atom stereocenters. The Morgan fingerprint density at radius 2 is 1.81 bits per heavy atom. The standard InChI is InChI=1S/C23H22ClNO6/c1-12-16-7-9-19(26)13(2)21(16)31-23(30)17(12)8-10-20(27)25-18(22(28)29)11-14-3-5-15(24)6-4-14/h3-7,9,18,26H,8,10-11H2,1-2H3,(H,25,27)(H,28,29)/p-1/t18-/m0/s1. The van der Waals surface area contributed by atoms with Crippen molar-refractivity contribution in [2.45, 2.75) is 39.2 Å². The molecule has 162 valence electrons. The number of carboxylic acids is 1. The second-order valence-corrected chi connectivity index (χ2v) is 7.79. The molecule has 0 radical (unpaired) electrons. The Hall–Kier alpha value is -3.32. The number of hydrogen-bond acceptors (Lipinski definition) is 6. The van der Waals surface area contributed by atoms with Crippen LogP contribution in [0.3, 0.4) is 0 Å². The first-order valence-electron chi connectivity index (χ1n) is 9.67. The van der Waals surface area contributed by atoms with Crippen molar-refractivity contribution >= 4 is 34.4 Å². The fourth-order valence-corrected chi connectivity index (χ4v) is 3.55. The molecule has 0 unspecified atom stereocenters. The zero-order valence-corrected chi connectivity index (χ0v) is 17.8. The maximum Gasteiger partial charge on any atom is 0.339 e. The van der Waals surface area contributed by atoms with Crippen LogP contribution >= 0.6 is 11.6 Å². The minimum atomic E-state index is -1.40. The summed E-state index contributed by atoms with van der Waals surface area (Å²) in [5.41, 5.74) is 1.83. The number of aryl methyl sites for hydroxylation is 2. The Kier molecular flexibility index (Phi) is 6.65. The molecule has 1 aromatic heterocycles. The van der Waals surface area contributed by atoms with Gasteiger partial charge in [0, 0.05) is 28.0 Å². The SMILES string of the molecule is Cc1c(CCC(=O)N[C@@H](Cc2ccc(Cl)cc2)C(=O)[O-])c(=O)oc2c(C)c(O)ccc12. The number of carbonyl (C=O) groups excluding carboxylic acids is 2. The highest BCUT2D eigenvalue weighted by Gasteiger charge is 2.18. The molecule has 0 fully saturated rings. The van der Waals surface area contributed by atoms with E-state index in [4.69, 9.17) is 16.0 Å². The van der Waals surface area contributed by atoms with Gasteiger partial charge in [-0.1, -0.05) is 23.7 Å². The molecule has 31 heavy (non-hydrogen) atoms. The third-order valence-corrected chi connectivity index (χ3v) is 5.50. The van der Waals surface area contributed by atoms with E-state index in [1.54, 1.807) is 44.2 Å². The van der Waals surface area contributed by atoms with Crippen molar-refractivity contribution in [3.63, 3.8) is 0 Å². The Labute approximate surface area is 183 Å². The third kappa shape index (κ3) is 5.06. The van der Waals surface area contributed by atoms with Gasteiger partial charge in [-0.3, -0.25) is 4.79 Å². The van der Waals surface area contributed by atoms with E-state index in [1.165, 1.54) is 6.07 Å². The molecule has 0 saturated carbocycles. The summed E-state index contributed by atoms with van der Waals surface area (Å²) in [4.78, 5) is 36.3. The zero-order chi connectivity index (χ0) is 22.7. The van der Waals surface area contributed by atoms with Crippen LogP contribution in [0.4, 0.5) is 0 Å². The van der Waals surface area contributed by atoms with Crippen LogP contribution < -0.4 is 16.0 Å². The summed E-state index contributed by atoms with van der Waals surface area (Å²) in [6.07, 6.45) is 0.0281. The Morgan fingerprint density at radius 3 is 2.45 bits per heavy atom. The monoisotopic (exact) mass is 442 g/mol. The molecule has 0 spiro atoms. The molecule has 3 aromatic rings. The number of carboxylic acid groups (broad SMARTS) is 1. The quantitative estimate of drug-likeness (QED) is 0.541. The van der Waals surface area contributed by atoms with Gasteiger partial charge in [-0.05, 0) is 62.1 Å². The number of aromatic hydroxyl groups is 1. The van der Waals surface area contributed by atoms with Crippen molar-refractivity contribution in [2.24, 2.45) is 0 Å². The molecule has 1 heterocycles. The summed E-state index contributed by atoms with van der Waals surface area (Å²) < 4.78 is 5.36. The Morgan fingerprint density at radius 1 is 1.13 bits per heavy atom. The lowest BCUT2D eigenvalue weighted by Crippen LogP contribution is -2.49. The lowest BCUT2D eigenvalue weighted by atomic mass is 10.00. The number of halogens is 1. The Bertz CT molecular complexity index is 1200. The molecular weight excluding hydrogens is 422 g/mol. The van der Waals surface area contributed by atoms with Gasteiger partial charge in [0.15, 0.2) is 0 Å². The van der Waals surface area contributed by atoms with Crippen LogP contribution in [-0.2, 0) is 22.4 Å². The minimum Gasteiger partial charge on any atom is -0.548 e. The number of aliphatic carboxylic acids is 1. The number of phenols is 1. The molecule has 0 aliphatic heterocycles. The van der Waals surface area contributed by atoms with Crippen molar-refractivity contribution < 1.29 is 24.2 Å².